The summed E-state index contributed by atoms with van der Waals surface area (Å²) in [4.78, 5) is 3.79. The second-order valence-electron chi connectivity index (χ2n) is 5.21. The van der Waals surface area contributed by atoms with Gasteiger partial charge in [0, 0.05) is 17.5 Å². The second-order valence-corrected chi connectivity index (χ2v) is 6.19. The Kier molecular flexibility index (Phi) is 5.01. The van der Waals surface area contributed by atoms with Crippen LogP contribution in [0, 0.1) is 0 Å². The van der Waals surface area contributed by atoms with Crippen molar-refractivity contribution in [3.05, 3.63) is 22.4 Å². The molecule has 1 aliphatic rings. The first kappa shape index (κ1) is 13.1. The van der Waals surface area contributed by atoms with Gasteiger partial charge in [-0.3, -0.25) is 0 Å². The Bertz CT molecular complexity index is 302. The Hall–Kier alpha value is -0.380. The van der Waals surface area contributed by atoms with Crippen LogP contribution in [0.4, 0.5) is 0 Å². The highest BCUT2D eigenvalue weighted by molar-refractivity contribution is 7.10. The molecule has 2 N–H and O–H groups in total. The molecule has 0 saturated heterocycles. The van der Waals surface area contributed by atoms with Gasteiger partial charge in [0.05, 0.1) is 6.04 Å². The fourth-order valence-electron chi connectivity index (χ4n) is 2.75. The Labute approximate surface area is 109 Å². The minimum absolute atomic E-state index is 0.184. The van der Waals surface area contributed by atoms with Crippen molar-refractivity contribution < 1.29 is 0 Å². The standard InChI is InChI=1S/C14H24N2S/c1-16(12-7-4-2-3-5-8-12)11-13(15)14-9-6-10-17-14/h6,9-10,12-13H,2-5,7-8,11,15H2,1H3. The summed E-state index contributed by atoms with van der Waals surface area (Å²) in [6.07, 6.45) is 8.33. The van der Waals surface area contributed by atoms with E-state index in [-0.39, 0.29) is 6.04 Å². The van der Waals surface area contributed by atoms with Crippen LogP contribution in [0.2, 0.25) is 0 Å². The second kappa shape index (κ2) is 6.53. The van der Waals surface area contributed by atoms with Crippen molar-refractivity contribution in [3.63, 3.8) is 0 Å². The van der Waals surface area contributed by atoms with E-state index in [4.69, 9.17) is 5.73 Å². The summed E-state index contributed by atoms with van der Waals surface area (Å²) >= 11 is 1.77. The molecular formula is C14H24N2S. The number of nitrogens with two attached hydrogens (primary N) is 1. The maximum atomic E-state index is 6.25. The molecule has 1 atom stereocenters. The van der Waals surface area contributed by atoms with Gasteiger partial charge in [0.25, 0.3) is 0 Å². The predicted octanol–water partition coefficient (Wildman–Crippen LogP) is 3.40. The molecule has 0 bridgehead atoms. The Morgan fingerprint density at radius 2 is 2.06 bits per heavy atom. The Morgan fingerprint density at radius 3 is 2.65 bits per heavy atom. The molecule has 0 amide bonds. The van der Waals surface area contributed by atoms with Crippen molar-refractivity contribution in [1.29, 1.82) is 0 Å². The van der Waals surface area contributed by atoms with Crippen LogP contribution in [0.1, 0.15) is 49.4 Å². The number of nitrogens with zero attached hydrogens (tertiary/aromatic N) is 1. The first-order valence-electron chi connectivity index (χ1n) is 6.76. The van der Waals surface area contributed by atoms with E-state index in [0.29, 0.717) is 0 Å². The van der Waals surface area contributed by atoms with Crippen LogP contribution in [-0.2, 0) is 0 Å². The van der Waals surface area contributed by atoms with Crippen LogP contribution in [0.3, 0.4) is 0 Å². The number of rotatable bonds is 4. The monoisotopic (exact) mass is 252 g/mol. The van der Waals surface area contributed by atoms with Gasteiger partial charge in [-0.25, -0.2) is 0 Å². The van der Waals surface area contributed by atoms with Crippen LogP contribution < -0.4 is 5.73 Å². The van der Waals surface area contributed by atoms with E-state index in [2.05, 4.69) is 29.5 Å². The first-order valence-corrected chi connectivity index (χ1v) is 7.64. The lowest BCUT2D eigenvalue weighted by Gasteiger charge is -2.29. The van der Waals surface area contributed by atoms with Gasteiger partial charge in [0.1, 0.15) is 0 Å². The Morgan fingerprint density at radius 1 is 1.35 bits per heavy atom. The van der Waals surface area contributed by atoms with Crippen molar-refractivity contribution in [3.8, 4) is 0 Å². The number of hydrogen-bond acceptors (Lipinski definition) is 3. The molecule has 17 heavy (non-hydrogen) atoms. The first-order chi connectivity index (χ1) is 8.27. The van der Waals surface area contributed by atoms with Crippen LogP contribution in [-0.4, -0.2) is 24.5 Å². The van der Waals surface area contributed by atoms with Crippen molar-refractivity contribution in [2.24, 2.45) is 5.73 Å². The zero-order valence-corrected chi connectivity index (χ0v) is 11.6. The lowest BCUT2D eigenvalue weighted by molar-refractivity contribution is 0.210. The van der Waals surface area contributed by atoms with Gasteiger partial charge in [-0.15, -0.1) is 11.3 Å². The quantitative estimate of drug-likeness (QED) is 0.832. The highest BCUT2D eigenvalue weighted by atomic mass is 32.1. The largest absolute Gasteiger partial charge is 0.322 e. The predicted molar refractivity (Wildman–Crippen MR) is 75.4 cm³/mol. The van der Waals surface area contributed by atoms with E-state index in [0.717, 1.165) is 12.6 Å². The molecular weight excluding hydrogens is 228 g/mol. The summed E-state index contributed by atoms with van der Waals surface area (Å²) in [5.74, 6) is 0. The molecule has 1 fully saturated rings. The lowest BCUT2D eigenvalue weighted by Crippen LogP contribution is -2.36. The van der Waals surface area contributed by atoms with Gasteiger partial charge >= 0.3 is 0 Å². The molecule has 0 aromatic carbocycles. The van der Waals surface area contributed by atoms with E-state index < -0.39 is 0 Å². The maximum Gasteiger partial charge on any atom is 0.0519 e. The summed E-state index contributed by atoms with van der Waals surface area (Å²) < 4.78 is 0. The fourth-order valence-corrected chi connectivity index (χ4v) is 3.47. The fraction of sp³-hybridized carbons (Fsp3) is 0.714. The van der Waals surface area contributed by atoms with Crippen molar-refractivity contribution in [2.45, 2.75) is 50.6 Å². The van der Waals surface area contributed by atoms with E-state index >= 15 is 0 Å². The number of likely N-dealkylation sites (N-methyl/N-ethyl adjacent to an activating group) is 1. The van der Waals surface area contributed by atoms with Gasteiger partial charge in [-0.05, 0) is 31.3 Å². The normalized spacial score (nSPS) is 20.4. The van der Waals surface area contributed by atoms with Gasteiger partial charge in [0.2, 0.25) is 0 Å². The SMILES string of the molecule is CN(CC(N)c1cccs1)C1CCCCCC1. The average molecular weight is 252 g/mol. The summed E-state index contributed by atoms with van der Waals surface area (Å²) in [6, 6.07) is 5.17. The molecule has 1 aromatic rings. The minimum Gasteiger partial charge on any atom is -0.322 e. The van der Waals surface area contributed by atoms with Crippen molar-refractivity contribution in [1.82, 2.24) is 4.90 Å². The third kappa shape index (κ3) is 3.80. The zero-order chi connectivity index (χ0) is 12.1. The zero-order valence-electron chi connectivity index (χ0n) is 10.8. The van der Waals surface area contributed by atoms with Crippen LogP contribution in [0.5, 0.6) is 0 Å². The topological polar surface area (TPSA) is 29.3 Å². The molecule has 2 rings (SSSR count). The highest BCUT2D eigenvalue weighted by Gasteiger charge is 2.19. The molecule has 0 aliphatic heterocycles. The van der Waals surface area contributed by atoms with E-state index in [1.165, 1.54) is 43.4 Å². The maximum absolute atomic E-state index is 6.25. The molecule has 1 heterocycles. The molecule has 1 aliphatic carbocycles. The molecule has 2 nitrogen and oxygen atoms in total. The summed E-state index contributed by atoms with van der Waals surface area (Å²) in [5, 5.41) is 2.11. The third-order valence-corrected chi connectivity index (χ3v) is 4.85. The molecule has 1 aromatic heterocycles. The van der Waals surface area contributed by atoms with E-state index in [9.17, 15) is 0 Å². The number of hydrogen-bond donors (Lipinski definition) is 1. The van der Waals surface area contributed by atoms with Crippen molar-refractivity contribution >= 4 is 11.3 Å². The molecule has 1 unspecified atom stereocenters. The summed E-state index contributed by atoms with van der Waals surface area (Å²) in [6.45, 7) is 0.991. The smallest absolute Gasteiger partial charge is 0.0519 e. The highest BCUT2D eigenvalue weighted by Crippen LogP contribution is 2.23. The van der Waals surface area contributed by atoms with Gasteiger partial charge < -0.3 is 10.6 Å². The van der Waals surface area contributed by atoms with E-state index in [1.807, 2.05) is 0 Å². The number of thiophene rings is 1. The molecule has 96 valence electrons. The molecule has 1 saturated carbocycles. The lowest BCUT2D eigenvalue weighted by atomic mass is 10.1. The summed E-state index contributed by atoms with van der Waals surface area (Å²) in [7, 11) is 2.24. The minimum atomic E-state index is 0.184. The molecule has 0 radical (unpaired) electrons. The van der Waals surface area contributed by atoms with E-state index in [1.54, 1.807) is 11.3 Å². The van der Waals surface area contributed by atoms with Gasteiger partial charge in [0.15, 0.2) is 0 Å². The van der Waals surface area contributed by atoms with Crippen LogP contribution in [0.25, 0.3) is 0 Å². The molecule has 3 heteroatoms. The van der Waals surface area contributed by atoms with Gasteiger partial charge in [-0.2, -0.15) is 0 Å². The van der Waals surface area contributed by atoms with Crippen LogP contribution >= 0.6 is 11.3 Å². The Balaban J connectivity index is 1.85. The molecule has 0 spiro atoms. The van der Waals surface area contributed by atoms with Crippen molar-refractivity contribution in [2.75, 3.05) is 13.6 Å². The van der Waals surface area contributed by atoms with Gasteiger partial charge in [-0.1, -0.05) is 31.7 Å². The average Bonchev–Trinajstić information content (AvgIpc) is 2.71. The third-order valence-electron chi connectivity index (χ3n) is 3.84. The van der Waals surface area contributed by atoms with Crippen LogP contribution in [0.15, 0.2) is 17.5 Å². The summed E-state index contributed by atoms with van der Waals surface area (Å²) in [5.41, 5.74) is 6.25.